The molecule has 122 valence electrons. The first-order chi connectivity index (χ1) is 10.5. The highest BCUT2D eigenvalue weighted by Crippen LogP contribution is 2.29. The van der Waals surface area contributed by atoms with Crippen molar-refractivity contribution in [2.75, 3.05) is 31.4 Å². The molecule has 2 amide bonds. The van der Waals surface area contributed by atoms with Crippen LogP contribution in [0.25, 0.3) is 0 Å². The number of nitrogens with zero attached hydrogens (tertiary/aromatic N) is 3. The van der Waals surface area contributed by atoms with E-state index in [2.05, 4.69) is 20.6 Å². The van der Waals surface area contributed by atoms with Gasteiger partial charge in [-0.15, -0.1) is 0 Å². The van der Waals surface area contributed by atoms with Crippen LogP contribution >= 0.6 is 0 Å². The van der Waals surface area contributed by atoms with Crippen LogP contribution in [0.2, 0.25) is 0 Å². The first-order valence-electron chi connectivity index (χ1n) is 7.34. The number of carbonyl (C=O) groups is 1. The van der Waals surface area contributed by atoms with Gasteiger partial charge in [0.15, 0.2) is 5.82 Å². The SMILES string of the molecule is COc1ncnc(N(C)C)c1NC(=O)N[C@@H]1CCCC[C@H]1O. The van der Waals surface area contributed by atoms with Gasteiger partial charge in [0.25, 0.3) is 0 Å². The van der Waals surface area contributed by atoms with E-state index in [9.17, 15) is 9.90 Å². The van der Waals surface area contributed by atoms with E-state index < -0.39 is 12.1 Å². The number of carbonyl (C=O) groups excluding carboxylic acids is 1. The fourth-order valence-corrected chi connectivity index (χ4v) is 2.56. The van der Waals surface area contributed by atoms with Crippen LogP contribution in [0.1, 0.15) is 25.7 Å². The lowest BCUT2D eigenvalue weighted by atomic mass is 9.93. The standard InChI is InChI=1S/C14H23N5O3/c1-19(2)12-11(13(22-3)16-8-15-12)18-14(21)17-9-6-4-5-7-10(9)20/h8-10,20H,4-7H2,1-3H3,(H2,17,18,21)/t9-,10-/m1/s1. The van der Waals surface area contributed by atoms with Crippen molar-refractivity contribution in [3.63, 3.8) is 0 Å². The molecule has 0 saturated heterocycles. The van der Waals surface area contributed by atoms with Gasteiger partial charge in [0.05, 0.1) is 19.3 Å². The molecule has 0 aliphatic heterocycles. The van der Waals surface area contributed by atoms with E-state index in [0.29, 0.717) is 17.9 Å². The van der Waals surface area contributed by atoms with Gasteiger partial charge in [-0.1, -0.05) is 12.8 Å². The molecule has 0 spiro atoms. The van der Waals surface area contributed by atoms with Crippen molar-refractivity contribution in [3.8, 4) is 5.88 Å². The molecule has 22 heavy (non-hydrogen) atoms. The second-order valence-corrected chi connectivity index (χ2v) is 5.53. The average molecular weight is 309 g/mol. The number of aliphatic hydroxyl groups excluding tert-OH is 1. The van der Waals surface area contributed by atoms with E-state index in [1.165, 1.54) is 13.4 Å². The Morgan fingerprint density at radius 3 is 2.73 bits per heavy atom. The number of nitrogens with one attached hydrogen (secondary N) is 2. The molecule has 1 aliphatic carbocycles. The van der Waals surface area contributed by atoms with Crippen LogP contribution in [0, 0.1) is 0 Å². The largest absolute Gasteiger partial charge is 0.479 e. The van der Waals surface area contributed by atoms with E-state index in [-0.39, 0.29) is 11.9 Å². The number of aliphatic hydroxyl groups is 1. The molecule has 3 N–H and O–H groups in total. The van der Waals surface area contributed by atoms with Gasteiger partial charge < -0.3 is 25.4 Å². The highest BCUT2D eigenvalue weighted by molar-refractivity contribution is 5.94. The van der Waals surface area contributed by atoms with E-state index in [1.807, 2.05) is 14.1 Å². The number of amides is 2. The highest BCUT2D eigenvalue weighted by atomic mass is 16.5. The number of rotatable bonds is 4. The topological polar surface area (TPSA) is 99.6 Å². The molecule has 0 bridgehead atoms. The smallest absolute Gasteiger partial charge is 0.319 e. The molecular weight excluding hydrogens is 286 g/mol. The third-order valence-corrected chi connectivity index (χ3v) is 3.69. The summed E-state index contributed by atoms with van der Waals surface area (Å²) < 4.78 is 5.18. The zero-order chi connectivity index (χ0) is 16.1. The van der Waals surface area contributed by atoms with Crippen molar-refractivity contribution < 1.29 is 14.6 Å². The van der Waals surface area contributed by atoms with Crippen molar-refractivity contribution in [2.45, 2.75) is 37.8 Å². The lowest BCUT2D eigenvalue weighted by molar-refractivity contribution is 0.0955. The number of methoxy groups -OCH3 is 1. The molecule has 0 aromatic carbocycles. The lowest BCUT2D eigenvalue weighted by Crippen LogP contribution is -2.46. The third-order valence-electron chi connectivity index (χ3n) is 3.69. The molecule has 0 radical (unpaired) electrons. The Balaban J connectivity index is 2.10. The van der Waals surface area contributed by atoms with Gasteiger partial charge in [0, 0.05) is 14.1 Å². The van der Waals surface area contributed by atoms with Crippen LogP contribution in [-0.4, -0.2) is 54.5 Å². The van der Waals surface area contributed by atoms with Gasteiger partial charge >= 0.3 is 6.03 Å². The zero-order valence-corrected chi connectivity index (χ0v) is 13.2. The summed E-state index contributed by atoms with van der Waals surface area (Å²) in [5.41, 5.74) is 0.401. The molecule has 1 aromatic rings. The van der Waals surface area contributed by atoms with Crippen LogP contribution in [-0.2, 0) is 0 Å². The maximum Gasteiger partial charge on any atom is 0.319 e. The molecule has 1 fully saturated rings. The fraction of sp³-hybridized carbons (Fsp3) is 0.643. The third kappa shape index (κ3) is 3.76. The summed E-state index contributed by atoms with van der Waals surface area (Å²) >= 11 is 0. The van der Waals surface area contributed by atoms with Gasteiger partial charge in [-0.2, -0.15) is 4.98 Å². The first-order valence-corrected chi connectivity index (χ1v) is 7.34. The second kappa shape index (κ2) is 7.26. The summed E-state index contributed by atoms with van der Waals surface area (Å²) in [7, 11) is 5.11. The summed E-state index contributed by atoms with van der Waals surface area (Å²) in [4.78, 5) is 22.1. The molecule has 1 heterocycles. The van der Waals surface area contributed by atoms with Crippen LogP contribution < -0.4 is 20.3 Å². The predicted octanol–water partition coefficient (Wildman–Crippen LogP) is 0.976. The van der Waals surface area contributed by atoms with Gasteiger partial charge in [-0.3, -0.25) is 0 Å². The fourth-order valence-electron chi connectivity index (χ4n) is 2.56. The Morgan fingerprint density at radius 2 is 2.09 bits per heavy atom. The summed E-state index contributed by atoms with van der Waals surface area (Å²) in [6, 6.07) is -0.630. The van der Waals surface area contributed by atoms with Crippen molar-refractivity contribution in [3.05, 3.63) is 6.33 Å². The number of ether oxygens (including phenoxy) is 1. The van der Waals surface area contributed by atoms with Gasteiger partial charge in [0.1, 0.15) is 12.0 Å². The van der Waals surface area contributed by atoms with Gasteiger partial charge in [-0.05, 0) is 12.8 Å². The minimum absolute atomic E-state index is 0.229. The molecule has 1 aliphatic rings. The zero-order valence-electron chi connectivity index (χ0n) is 13.2. The molecule has 2 atom stereocenters. The van der Waals surface area contributed by atoms with Gasteiger partial charge in [0.2, 0.25) is 5.88 Å². The summed E-state index contributed by atoms with van der Waals surface area (Å²) in [5, 5.41) is 15.5. The first kappa shape index (κ1) is 16.3. The molecule has 0 unspecified atom stereocenters. The summed E-state index contributed by atoms with van der Waals surface area (Å²) in [6.07, 6.45) is 4.36. The van der Waals surface area contributed by atoms with Crippen molar-refractivity contribution in [1.29, 1.82) is 0 Å². The number of aromatic nitrogens is 2. The Morgan fingerprint density at radius 1 is 1.36 bits per heavy atom. The van der Waals surface area contributed by atoms with E-state index >= 15 is 0 Å². The van der Waals surface area contributed by atoms with Crippen molar-refractivity contribution in [2.24, 2.45) is 0 Å². The van der Waals surface area contributed by atoms with Crippen molar-refractivity contribution in [1.82, 2.24) is 15.3 Å². The molecule has 8 nitrogen and oxygen atoms in total. The Kier molecular flexibility index (Phi) is 5.37. The average Bonchev–Trinajstić information content (AvgIpc) is 2.49. The molecule has 1 aromatic heterocycles. The quantitative estimate of drug-likeness (QED) is 0.766. The Hall–Kier alpha value is -2.09. The maximum absolute atomic E-state index is 12.2. The Labute approximate surface area is 129 Å². The maximum atomic E-state index is 12.2. The highest BCUT2D eigenvalue weighted by Gasteiger charge is 2.25. The normalized spacial score (nSPS) is 21.1. The molecule has 8 heteroatoms. The second-order valence-electron chi connectivity index (χ2n) is 5.53. The predicted molar refractivity (Wildman–Crippen MR) is 83.3 cm³/mol. The molecular formula is C14H23N5O3. The number of anilines is 2. The van der Waals surface area contributed by atoms with Crippen LogP contribution in [0.4, 0.5) is 16.3 Å². The Bertz CT molecular complexity index is 523. The summed E-state index contributed by atoms with van der Waals surface area (Å²) in [6.45, 7) is 0. The van der Waals surface area contributed by atoms with E-state index in [4.69, 9.17) is 4.74 Å². The minimum Gasteiger partial charge on any atom is -0.479 e. The molecule has 1 saturated carbocycles. The van der Waals surface area contributed by atoms with E-state index in [1.54, 1.807) is 4.90 Å². The minimum atomic E-state index is -0.498. The van der Waals surface area contributed by atoms with Crippen molar-refractivity contribution >= 4 is 17.5 Å². The van der Waals surface area contributed by atoms with Gasteiger partial charge in [-0.25, -0.2) is 9.78 Å². The number of hydrogen-bond acceptors (Lipinski definition) is 6. The number of hydrogen-bond donors (Lipinski definition) is 3. The number of urea groups is 1. The summed E-state index contributed by atoms with van der Waals surface area (Å²) in [5.74, 6) is 0.837. The lowest BCUT2D eigenvalue weighted by Gasteiger charge is -2.28. The molecule has 2 rings (SSSR count). The van der Waals surface area contributed by atoms with Crippen LogP contribution in [0.15, 0.2) is 6.33 Å². The van der Waals surface area contributed by atoms with Crippen LogP contribution in [0.3, 0.4) is 0 Å². The van der Waals surface area contributed by atoms with E-state index in [0.717, 1.165) is 19.3 Å². The van der Waals surface area contributed by atoms with Crippen LogP contribution in [0.5, 0.6) is 5.88 Å². The monoisotopic (exact) mass is 309 g/mol.